The Morgan fingerprint density at radius 2 is 2.10 bits per heavy atom. The van der Waals surface area contributed by atoms with Crippen LogP contribution in [0.5, 0.6) is 0 Å². The second kappa shape index (κ2) is 6.37. The molecule has 0 spiro atoms. The van der Waals surface area contributed by atoms with Gasteiger partial charge in [0, 0.05) is 24.2 Å². The Bertz CT molecular complexity index is 569. The summed E-state index contributed by atoms with van der Waals surface area (Å²) < 4.78 is 5.38. The molecular formula is C16H22N4O. The Morgan fingerprint density at radius 1 is 1.29 bits per heavy atom. The molecule has 21 heavy (non-hydrogen) atoms. The summed E-state index contributed by atoms with van der Waals surface area (Å²) in [6, 6.07) is 10.8. The molecule has 0 bridgehead atoms. The molecule has 1 saturated heterocycles. The first-order valence-corrected chi connectivity index (χ1v) is 7.61. The molecule has 1 aliphatic rings. The van der Waals surface area contributed by atoms with Gasteiger partial charge in [-0.25, -0.2) is 0 Å². The normalized spacial score (nSPS) is 23.3. The fraction of sp³-hybridized carbons (Fsp3) is 0.500. The molecule has 3 rings (SSSR count). The number of rotatable bonds is 4. The zero-order valence-electron chi connectivity index (χ0n) is 12.4. The first kappa shape index (κ1) is 14.2. The number of likely N-dealkylation sites (tertiary alicyclic amines) is 1. The van der Waals surface area contributed by atoms with Gasteiger partial charge in [-0.05, 0) is 31.9 Å². The average Bonchev–Trinajstić information content (AvgIpc) is 2.99. The topological polar surface area (TPSA) is 68.2 Å². The molecular weight excluding hydrogens is 264 g/mol. The maximum atomic E-state index is 5.90. The van der Waals surface area contributed by atoms with Crippen LogP contribution in [0.2, 0.25) is 0 Å². The zero-order chi connectivity index (χ0) is 14.7. The van der Waals surface area contributed by atoms with Gasteiger partial charge in [-0.15, -0.1) is 0 Å². The van der Waals surface area contributed by atoms with Crippen molar-refractivity contribution in [1.82, 2.24) is 15.0 Å². The maximum absolute atomic E-state index is 5.90. The fourth-order valence-electron chi connectivity index (χ4n) is 3.06. The van der Waals surface area contributed by atoms with Gasteiger partial charge < -0.3 is 10.3 Å². The molecule has 0 radical (unpaired) electrons. The predicted molar refractivity (Wildman–Crippen MR) is 81.4 cm³/mol. The molecule has 1 aromatic heterocycles. The van der Waals surface area contributed by atoms with E-state index in [2.05, 4.69) is 22.0 Å². The molecule has 5 heteroatoms. The van der Waals surface area contributed by atoms with Crippen molar-refractivity contribution in [3.8, 4) is 11.5 Å². The third kappa shape index (κ3) is 3.14. The summed E-state index contributed by atoms with van der Waals surface area (Å²) in [4.78, 5) is 6.92. The van der Waals surface area contributed by atoms with E-state index < -0.39 is 0 Å². The molecule has 2 unspecified atom stereocenters. The van der Waals surface area contributed by atoms with Gasteiger partial charge in [-0.2, -0.15) is 4.98 Å². The number of aromatic nitrogens is 2. The highest BCUT2D eigenvalue weighted by molar-refractivity contribution is 5.51. The van der Waals surface area contributed by atoms with Gasteiger partial charge in [0.2, 0.25) is 0 Å². The Kier molecular flexibility index (Phi) is 4.31. The Labute approximate surface area is 125 Å². The van der Waals surface area contributed by atoms with Gasteiger partial charge in [-0.3, -0.25) is 4.90 Å². The molecule has 2 N–H and O–H groups in total. The van der Waals surface area contributed by atoms with Crippen LogP contribution in [0.15, 0.2) is 34.9 Å². The Morgan fingerprint density at radius 3 is 2.86 bits per heavy atom. The highest BCUT2D eigenvalue weighted by Gasteiger charge is 2.28. The second-order valence-corrected chi connectivity index (χ2v) is 5.72. The second-order valence-electron chi connectivity index (χ2n) is 5.72. The minimum atomic E-state index is 0.424. The van der Waals surface area contributed by atoms with E-state index in [1.807, 2.05) is 30.3 Å². The van der Waals surface area contributed by atoms with Crippen LogP contribution in [-0.4, -0.2) is 33.7 Å². The lowest BCUT2D eigenvalue weighted by atomic mass is 9.96. The molecule has 112 valence electrons. The highest BCUT2D eigenvalue weighted by Crippen LogP contribution is 2.24. The van der Waals surface area contributed by atoms with Crippen LogP contribution in [-0.2, 0) is 6.54 Å². The van der Waals surface area contributed by atoms with Crippen molar-refractivity contribution >= 4 is 0 Å². The lowest BCUT2D eigenvalue weighted by Crippen LogP contribution is -2.48. The first-order valence-electron chi connectivity index (χ1n) is 7.61. The molecule has 2 atom stereocenters. The molecule has 2 aromatic rings. The van der Waals surface area contributed by atoms with Crippen molar-refractivity contribution in [2.75, 3.05) is 6.54 Å². The number of piperidine rings is 1. The molecule has 5 nitrogen and oxygen atoms in total. The third-order valence-corrected chi connectivity index (χ3v) is 4.28. The van der Waals surface area contributed by atoms with Gasteiger partial charge in [0.15, 0.2) is 5.82 Å². The van der Waals surface area contributed by atoms with Gasteiger partial charge >= 0.3 is 0 Å². The van der Waals surface area contributed by atoms with Gasteiger partial charge in [0.25, 0.3) is 5.89 Å². The molecule has 0 amide bonds. The molecule has 2 heterocycles. The van der Waals surface area contributed by atoms with E-state index >= 15 is 0 Å². The van der Waals surface area contributed by atoms with E-state index in [1.54, 1.807) is 0 Å². The zero-order valence-corrected chi connectivity index (χ0v) is 12.4. The van der Waals surface area contributed by atoms with E-state index in [4.69, 9.17) is 10.3 Å². The summed E-state index contributed by atoms with van der Waals surface area (Å²) >= 11 is 0. The number of hydrogen-bond acceptors (Lipinski definition) is 5. The lowest BCUT2D eigenvalue weighted by Gasteiger charge is -2.39. The monoisotopic (exact) mass is 286 g/mol. The van der Waals surface area contributed by atoms with Gasteiger partial charge in [0.05, 0.1) is 6.54 Å². The summed E-state index contributed by atoms with van der Waals surface area (Å²) in [5.74, 6) is 1.32. The van der Waals surface area contributed by atoms with Crippen molar-refractivity contribution < 1.29 is 4.52 Å². The molecule has 1 aliphatic heterocycles. The summed E-state index contributed by atoms with van der Waals surface area (Å²) in [7, 11) is 0. The number of nitrogens with zero attached hydrogens (tertiary/aromatic N) is 3. The van der Waals surface area contributed by atoms with E-state index in [-0.39, 0.29) is 0 Å². The van der Waals surface area contributed by atoms with Crippen LogP contribution in [0.3, 0.4) is 0 Å². The molecule has 1 fully saturated rings. The minimum Gasteiger partial charge on any atom is -0.334 e. The molecule has 1 aromatic carbocycles. The lowest BCUT2D eigenvalue weighted by molar-refractivity contribution is 0.0854. The van der Waals surface area contributed by atoms with Crippen LogP contribution in [0, 0.1) is 0 Å². The summed E-state index contributed by atoms with van der Waals surface area (Å²) in [6.45, 7) is 3.65. The van der Waals surface area contributed by atoms with E-state index in [0.29, 0.717) is 31.1 Å². The predicted octanol–water partition coefficient (Wildman–Crippen LogP) is 2.44. The van der Waals surface area contributed by atoms with Crippen molar-refractivity contribution in [2.24, 2.45) is 5.73 Å². The van der Waals surface area contributed by atoms with Crippen molar-refractivity contribution in [3.05, 3.63) is 36.2 Å². The quantitative estimate of drug-likeness (QED) is 0.935. The van der Waals surface area contributed by atoms with Crippen molar-refractivity contribution in [2.45, 2.75) is 44.8 Å². The standard InChI is InChI=1S/C16H22N4O/c1-12-6-5-9-14(10-17)20(12)11-15-18-16(21-19-15)13-7-3-2-4-8-13/h2-4,7-8,12,14H,5-6,9-11,17H2,1H3. The fourth-order valence-corrected chi connectivity index (χ4v) is 3.06. The SMILES string of the molecule is CC1CCCC(CN)N1Cc1noc(-c2ccccc2)n1. The summed E-state index contributed by atoms with van der Waals surface area (Å²) in [5, 5.41) is 4.12. The largest absolute Gasteiger partial charge is 0.334 e. The number of hydrogen-bond donors (Lipinski definition) is 1. The summed E-state index contributed by atoms with van der Waals surface area (Å²) in [6.07, 6.45) is 3.62. The van der Waals surface area contributed by atoms with E-state index in [0.717, 1.165) is 17.8 Å². The van der Waals surface area contributed by atoms with Crippen LogP contribution < -0.4 is 5.73 Å². The third-order valence-electron chi connectivity index (χ3n) is 4.28. The van der Waals surface area contributed by atoms with Crippen LogP contribution in [0.25, 0.3) is 11.5 Å². The van der Waals surface area contributed by atoms with Crippen LogP contribution >= 0.6 is 0 Å². The van der Waals surface area contributed by atoms with Gasteiger partial charge in [0.1, 0.15) is 0 Å². The molecule has 0 saturated carbocycles. The first-order chi connectivity index (χ1) is 10.3. The average molecular weight is 286 g/mol. The van der Waals surface area contributed by atoms with Crippen LogP contribution in [0.1, 0.15) is 32.0 Å². The molecule has 0 aliphatic carbocycles. The van der Waals surface area contributed by atoms with E-state index in [1.165, 1.54) is 12.8 Å². The van der Waals surface area contributed by atoms with Crippen molar-refractivity contribution in [3.63, 3.8) is 0 Å². The highest BCUT2D eigenvalue weighted by atomic mass is 16.5. The minimum absolute atomic E-state index is 0.424. The number of nitrogens with two attached hydrogens (primary N) is 1. The maximum Gasteiger partial charge on any atom is 0.257 e. The van der Waals surface area contributed by atoms with Crippen molar-refractivity contribution in [1.29, 1.82) is 0 Å². The van der Waals surface area contributed by atoms with E-state index in [9.17, 15) is 0 Å². The van der Waals surface area contributed by atoms with Crippen LogP contribution in [0.4, 0.5) is 0 Å². The Balaban J connectivity index is 1.74. The Hall–Kier alpha value is -1.72. The number of benzene rings is 1. The smallest absolute Gasteiger partial charge is 0.257 e. The van der Waals surface area contributed by atoms with Gasteiger partial charge in [-0.1, -0.05) is 29.8 Å². The summed E-state index contributed by atoms with van der Waals surface area (Å²) in [5.41, 5.74) is 6.86.